The number of carbonyl (C=O) groups excluding carboxylic acids is 2. The van der Waals surface area contributed by atoms with E-state index in [2.05, 4.69) is 20.4 Å². The Hall–Kier alpha value is -4.26. The van der Waals surface area contributed by atoms with Crippen LogP contribution in [0.4, 0.5) is 16.3 Å². The van der Waals surface area contributed by atoms with Crippen LogP contribution in [0.3, 0.4) is 0 Å². The van der Waals surface area contributed by atoms with Crippen molar-refractivity contribution in [2.45, 2.75) is 51.3 Å². The van der Waals surface area contributed by atoms with Crippen molar-refractivity contribution in [2.24, 2.45) is 0 Å². The highest BCUT2D eigenvalue weighted by atomic mass is 16.6. The van der Waals surface area contributed by atoms with Crippen molar-refractivity contribution in [1.82, 2.24) is 14.5 Å². The first-order chi connectivity index (χ1) is 19.1. The van der Waals surface area contributed by atoms with E-state index in [0.29, 0.717) is 11.1 Å². The number of nitrogens with zero attached hydrogens (tertiary/aromatic N) is 6. The van der Waals surface area contributed by atoms with E-state index in [0.717, 1.165) is 61.6 Å². The number of pyridine rings is 1. The van der Waals surface area contributed by atoms with Gasteiger partial charge in [0.05, 0.1) is 18.2 Å². The largest absolute Gasteiger partial charge is 0.465 e. The van der Waals surface area contributed by atoms with Crippen molar-refractivity contribution in [2.75, 3.05) is 50.1 Å². The summed E-state index contributed by atoms with van der Waals surface area (Å²) in [5.74, 6) is 0.549. The summed E-state index contributed by atoms with van der Waals surface area (Å²) in [5.41, 5.74) is 2.49. The number of hydrogen-bond donors (Lipinski definition) is 0. The number of amides is 1. The Labute approximate surface area is 234 Å². The Morgan fingerprint density at radius 2 is 1.68 bits per heavy atom. The summed E-state index contributed by atoms with van der Waals surface area (Å²) < 4.78 is 12.4. The van der Waals surface area contributed by atoms with Crippen LogP contribution in [0.5, 0.6) is 0 Å². The lowest BCUT2D eigenvalue weighted by atomic mass is 9.85. The lowest BCUT2D eigenvalue weighted by Gasteiger charge is -2.42. The zero-order valence-corrected chi connectivity index (χ0v) is 23.8. The fourth-order valence-electron chi connectivity index (χ4n) is 5.36. The standard InChI is InChI=1S/C30H36N6O4/c1-30(2,3)40-29(38)33(4)23-16-24(17-23)36-19-21(18-31)25-10-11-26(32-27(25)36)35-14-12-34(13-15-35)22-8-6-20(7-9-22)28(37)39-5/h6-11,19,23-24H,12-17H2,1-5H3/t23-,24-. The molecule has 0 unspecified atom stereocenters. The molecule has 0 atom stereocenters. The molecule has 1 aromatic carbocycles. The van der Waals surface area contributed by atoms with Gasteiger partial charge >= 0.3 is 12.1 Å². The van der Waals surface area contributed by atoms with Gasteiger partial charge in [0.2, 0.25) is 0 Å². The van der Waals surface area contributed by atoms with Gasteiger partial charge in [-0.25, -0.2) is 14.6 Å². The van der Waals surface area contributed by atoms with Gasteiger partial charge in [-0.2, -0.15) is 5.26 Å². The highest BCUT2D eigenvalue weighted by Gasteiger charge is 2.38. The maximum atomic E-state index is 12.5. The third-order valence-electron chi connectivity index (χ3n) is 7.75. The van der Waals surface area contributed by atoms with Crippen LogP contribution in [0, 0.1) is 11.3 Å². The summed E-state index contributed by atoms with van der Waals surface area (Å²) in [5, 5.41) is 10.6. The van der Waals surface area contributed by atoms with Crippen LogP contribution in [-0.2, 0) is 9.47 Å². The third-order valence-corrected chi connectivity index (χ3v) is 7.75. The molecule has 2 aromatic heterocycles. The zero-order valence-electron chi connectivity index (χ0n) is 23.8. The molecule has 3 heterocycles. The van der Waals surface area contributed by atoms with Crippen molar-refractivity contribution >= 4 is 34.6 Å². The molecular formula is C30H36N6O4. The first-order valence-electron chi connectivity index (χ1n) is 13.6. The van der Waals surface area contributed by atoms with Crippen molar-refractivity contribution in [3.05, 3.63) is 53.7 Å². The second-order valence-corrected chi connectivity index (χ2v) is 11.5. The van der Waals surface area contributed by atoms with Crippen LogP contribution in [0.25, 0.3) is 11.0 Å². The SMILES string of the molecule is COC(=O)c1ccc(N2CCN(c3ccc4c(C#N)cn([C@H]5C[C@H](N(C)C(=O)OC(C)(C)C)C5)c4n3)CC2)cc1. The number of ether oxygens (including phenoxy) is 2. The quantitative estimate of drug-likeness (QED) is 0.430. The van der Waals surface area contributed by atoms with Crippen molar-refractivity contribution in [3.8, 4) is 6.07 Å². The normalized spacial score (nSPS) is 19.1. The molecule has 2 fully saturated rings. The summed E-state index contributed by atoms with van der Waals surface area (Å²) in [6.45, 7) is 8.84. The van der Waals surface area contributed by atoms with Crippen LogP contribution in [0.1, 0.15) is 55.6 Å². The van der Waals surface area contributed by atoms with E-state index in [4.69, 9.17) is 14.5 Å². The summed E-state index contributed by atoms with van der Waals surface area (Å²) >= 11 is 0. The molecule has 0 radical (unpaired) electrons. The number of nitriles is 1. The minimum atomic E-state index is -0.534. The maximum Gasteiger partial charge on any atom is 0.410 e. The fourth-order valence-corrected chi connectivity index (χ4v) is 5.36. The number of carbonyl (C=O) groups is 2. The predicted octanol–water partition coefficient (Wildman–Crippen LogP) is 4.59. The molecule has 2 aliphatic rings. The van der Waals surface area contributed by atoms with E-state index in [1.54, 1.807) is 24.1 Å². The molecule has 0 N–H and O–H groups in total. The Morgan fingerprint density at radius 3 is 2.27 bits per heavy atom. The average Bonchev–Trinajstić information content (AvgIpc) is 3.28. The molecule has 1 aliphatic heterocycles. The maximum absolute atomic E-state index is 12.5. The number of aromatic nitrogens is 2. The second kappa shape index (κ2) is 10.7. The van der Waals surface area contributed by atoms with Crippen LogP contribution in [0.15, 0.2) is 42.6 Å². The van der Waals surface area contributed by atoms with Crippen LogP contribution >= 0.6 is 0 Å². The smallest absolute Gasteiger partial charge is 0.410 e. The molecule has 3 aromatic rings. The number of methoxy groups -OCH3 is 1. The Kier molecular flexibility index (Phi) is 7.32. The molecule has 0 spiro atoms. The molecule has 210 valence electrons. The Bertz CT molecular complexity index is 1440. The molecule has 1 aliphatic carbocycles. The zero-order chi connectivity index (χ0) is 28.6. The van der Waals surface area contributed by atoms with Crippen LogP contribution in [0.2, 0.25) is 0 Å². The van der Waals surface area contributed by atoms with Crippen molar-refractivity contribution < 1.29 is 19.1 Å². The van der Waals surface area contributed by atoms with Gasteiger partial charge in [0, 0.05) is 62.6 Å². The van der Waals surface area contributed by atoms with E-state index in [1.165, 1.54) is 7.11 Å². The molecule has 10 heteroatoms. The molecule has 10 nitrogen and oxygen atoms in total. The highest BCUT2D eigenvalue weighted by Crippen LogP contribution is 2.39. The van der Waals surface area contributed by atoms with Gasteiger partial charge in [-0.3, -0.25) is 0 Å². The van der Waals surface area contributed by atoms with Gasteiger partial charge in [-0.15, -0.1) is 0 Å². The molecule has 40 heavy (non-hydrogen) atoms. The minimum Gasteiger partial charge on any atom is -0.465 e. The Balaban J connectivity index is 1.27. The Morgan fingerprint density at radius 1 is 1.02 bits per heavy atom. The van der Waals surface area contributed by atoms with Gasteiger partial charge in [-0.05, 0) is 70.0 Å². The van der Waals surface area contributed by atoms with Gasteiger partial charge < -0.3 is 28.7 Å². The van der Waals surface area contributed by atoms with Gasteiger partial charge in [-0.1, -0.05) is 0 Å². The number of anilines is 2. The molecule has 5 rings (SSSR count). The summed E-state index contributed by atoms with van der Waals surface area (Å²) in [7, 11) is 3.17. The van der Waals surface area contributed by atoms with Gasteiger partial charge in [0.15, 0.2) is 0 Å². The first kappa shape index (κ1) is 27.3. The lowest BCUT2D eigenvalue weighted by Crippen LogP contribution is -2.47. The predicted molar refractivity (Wildman–Crippen MR) is 153 cm³/mol. The van der Waals surface area contributed by atoms with E-state index >= 15 is 0 Å². The second-order valence-electron chi connectivity index (χ2n) is 11.5. The molecular weight excluding hydrogens is 508 g/mol. The molecule has 0 bridgehead atoms. The van der Waals surface area contributed by atoms with E-state index < -0.39 is 5.60 Å². The summed E-state index contributed by atoms with van der Waals surface area (Å²) in [6, 6.07) is 14.0. The van der Waals surface area contributed by atoms with E-state index in [1.807, 2.05) is 51.2 Å². The number of hydrogen-bond acceptors (Lipinski definition) is 8. The third kappa shape index (κ3) is 5.41. The fraction of sp³-hybridized carbons (Fsp3) is 0.467. The topological polar surface area (TPSA) is 104 Å². The van der Waals surface area contributed by atoms with Crippen molar-refractivity contribution in [3.63, 3.8) is 0 Å². The highest BCUT2D eigenvalue weighted by molar-refractivity contribution is 5.89. The molecule has 1 saturated carbocycles. The minimum absolute atomic E-state index is 0.0841. The number of rotatable bonds is 5. The molecule has 1 saturated heterocycles. The average molecular weight is 545 g/mol. The van der Waals surface area contributed by atoms with E-state index in [-0.39, 0.29) is 24.1 Å². The van der Waals surface area contributed by atoms with Crippen LogP contribution in [-0.4, -0.2) is 78.5 Å². The first-order valence-corrected chi connectivity index (χ1v) is 13.6. The summed E-state index contributed by atoms with van der Waals surface area (Å²) in [4.78, 5) is 35.5. The summed E-state index contributed by atoms with van der Waals surface area (Å²) in [6.07, 6.45) is 3.14. The van der Waals surface area contributed by atoms with Gasteiger partial charge in [0.1, 0.15) is 23.1 Å². The number of benzene rings is 1. The molecule has 1 amide bonds. The van der Waals surface area contributed by atoms with Gasteiger partial charge in [0.25, 0.3) is 0 Å². The van der Waals surface area contributed by atoms with E-state index in [9.17, 15) is 14.9 Å². The monoisotopic (exact) mass is 544 g/mol. The lowest BCUT2D eigenvalue weighted by molar-refractivity contribution is 0.00807. The number of esters is 1. The number of piperazine rings is 1. The number of fused-ring (bicyclic) bond motifs is 1. The van der Waals surface area contributed by atoms with Crippen molar-refractivity contribution in [1.29, 1.82) is 5.26 Å². The van der Waals surface area contributed by atoms with Crippen LogP contribution < -0.4 is 9.80 Å².